The van der Waals surface area contributed by atoms with Gasteiger partial charge >= 0.3 is 0 Å². The summed E-state index contributed by atoms with van der Waals surface area (Å²) >= 11 is 0. The third-order valence-corrected chi connectivity index (χ3v) is 3.68. The number of amides is 1. The molecule has 0 saturated carbocycles. The lowest BCUT2D eigenvalue weighted by Crippen LogP contribution is -2.16. The molecule has 6 heteroatoms. The second-order valence-corrected chi connectivity index (χ2v) is 5.85. The molecule has 0 atom stereocenters. The average molecular weight is 351 g/mol. The van der Waals surface area contributed by atoms with Crippen LogP contribution in [0.5, 0.6) is 5.75 Å². The number of aryl methyl sites for hydroxylation is 1. The van der Waals surface area contributed by atoms with Gasteiger partial charge in [-0.15, -0.1) is 0 Å². The summed E-state index contributed by atoms with van der Waals surface area (Å²) in [6, 6.07) is 19.4. The normalized spacial score (nSPS) is 10.3. The lowest BCUT2D eigenvalue weighted by atomic mass is 10.2. The Morgan fingerprint density at radius 1 is 1.12 bits per heavy atom. The van der Waals surface area contributed by atoms with E-state index in [4.69, 9.17) is 9.26 Å². The van der Waals surface area contributed by atoms with E-state index >= 15 is 0 Å². The Morgan fingerprint density at radius 2 is 1.88 bits per heavy atom. The van der Waals surface area contributed by atoms with Crippen LogP contribution in [0.1, 0.15) is 17.7 Å². The molecule has 6 nitrogen and oxygen atoms in total. The van der Waals surface area contributed by atoms with Gasteiger partial charge in [-0.2, -0.15) is 0 Å². The first kappa shape index (κ1) is 17.5. The number of ether oxygens (including phenoxy) is 1. The highest BCUT2D eigenvalue weighted by Crippen LogP contribution is 2.17. The van der Waals surface area contributed by atoms with Crippen molar-refractivity contribution >= 4 is 17.4 Å². The molecule has 0 bridgehead atoms. The molecule has 1 heterocycles. The lowest BCUT2D eigenvalue weighted by Gasteiger charge is -2.09. The van der Waals surface area contributed by atoms with Crippen LogP contribution in [-0.4, -0.2) is 17.6 Å². The molecule has 2 N–H and O–H groups in total. The van der Waals surface area contributed by atoms with E-state index in [1.165, 1.54) is 0 Å². The highest BCUT2D eigenvalue weighted by molar-refractivity contribution is 5.89. The first-order valence-electron chi connectivity index (χ1n) is 8.43. The van der Waals surface area contributed by atoms with Crippen LogP contribution in [0.15, 0.2) is 65.2 Å². The molecule has 0 aliphatic heterocycles. The predicted molar refractivity (Wildman–Crippen MR) is 100 cm³/mol. The van der Waals surface area contributed by atoms with E-state index in [2.05, 4.69) is 15.8 Å². The molecule has 1 aromatic heterocycles. The molecular formula is C20H21N3O3. The van der Waals surface area contributed by atoms with Gasteiger partial charge in [0.05, 0.1) is 0 Å². The van der Waals surface area contributed by atoms with Crippen molar-refractivity contribution in [2.24, 2.45) is 0 Å². The van der Waals surface area contributed by atoms with E-state index in [0.29, 0.717) is 31.2 Å². The van der Waals surface area contributed by atoms with E-state index in [1.807, 2.05) is 54.6 Å². The Kier molecular flexibility index (Phi) is 5.88. The Morgan fingerprint density at radius 3 is 2.58 bits per heavy atom. The van der Waals surface area contributed by atoms with E-state index in [9.17, 15) is 4.79 Å². The van der Waals surface area contributed by atoms with E-state index in [1.54, 1.807) is 13.0 Å². The van der Waals surface area contributed by atoms with Gasteiger partial charge in [-0.05, 0) is 36.8 Å². The number of benzene rings is 2. The molecule has 1 amide bonds. The summed E-state index contributed by atoms with van der Waals surface area (Å²) < 4.78 is 10.7. The second-order valence-electron chi connectivity index (χ2n) is 5.85. The van der Waals surface area contributed by atoms with Gasteiger partial charge in [-0.25, -0.2) is 0 Å². The monoisotopic (exact) mass is 351 g/mol. The van der Waals surface area contributed by atoms with Gasteiger partial charge in [0, 0.05) is 24.7 Å². The number of nitrogens with zero attached hydrogens (tertiary/aromatic N) is 1. The second kappa shape index (κ2) is 8.71. The maximum absolute atomic E-state index is 11.8. The number of nitrogens with one attached hydrogen (secondary N) is 2. The third kappa shape index (κ3) is 5.37. The molecule has 0 radical (unpaired) electrons. The van der Waals surface area contributed by atoms with Gasteiger partial charge in [0.2, 0.25) is 5.91 Å². The molecule has 0 unspecified atom stereocenters. The van der Waals surface area contributed by atoms with Gasteiger partial charge in [-0.1, -0.05) is 35.5 Å². The summed E-state index contributed by atoms with van der Waals surface area (Å²) in [5, 5.41) is 9.62. The topological polar surface area (TPSA) is 76.4 Å². The maximum Gasteiger partial charge on any atom is 0.227 e. The quantitative estimate of drug-likeness (QED) is 0.641. The first-order chi connectivity index (χ1) is 12.7. The fraction of sp³-hybridized carbons (Fsp3) is 0.200. The zero-order chi connectivity index (χ0) is 18.2. The molecule has 26 heavy (non-hydrogen) atoms. The van der Waals surface area contributed by atoms with E-state index < -0.39 is 0 Å². The number of carbonyl (C=O) groups is 1. The Bertz CT molecular complexity index is 829. The molecule has 3 aromatic rings. The van der Waals surface area contributed by atoms with Crippen LogP contribution in [0, 0.1) is 6.92 Å². The molecule has 0 aliphatic rings. The number of hydrogen-bond donors (Lipinski definition) is 2. The Balaban J connectivity index is 1.39. The van der Waals surface area contributed by atoms with Crippen LogP contribution in [0.25, 0.3) is 0 Å². The van der Waals surface area contributed by atoms with Crippen LogP contribution in [-0.2, 0) is 11.4 Å². The van der Waals surface area contributed by atoms with Crippen molar-refractivity contribution in [1.82, 2.24) is 5.16 Å². The number of anilines is 2. The summed E-state index contributed by atoms with van der Waals surface area (Å²) in [4.78, 5) is 11.8. The van der Waals surface area contributed by atoms with Crippen LogP contribution < -0.4 is 15.4 Å². The molecule has 134 valence electrons. The average Bonchev–Trinajstić information content (AvgIpc) is 3.06. The molecule has 0 spiro atoms. The molecule has 3 rings (SSSR count). The number of carbonyl (C=O) groups excluding carboxylic acids is 1. The minimum absolute atomic E-state index is 0.117. The highest BCUT2D eigenvalue weighted by atomic mass is 16.5. The van der Waals surface area contributed by atoms with Crippen molar-refractivity contribution in [1.29, 1.82) is 0 Å². The van der Waals surface area contributed by atoms with E-state index in [-0.39, 0.29) is 5.91 Å². The zero-order valence-corrected chi connectivity index (χ0v) is 14.6. The minimum atomic E-state index is -0.117. The fourth-order valence-electron chi connectivity index (χ4n) is 2.36. The van der Waals surface area contributed by atoms with E-state index in [0.717, 1.165) is 17.0 Å². The molecule has 2 aromatic carbocycles. The van der Waals surface area contributed by atoms with Crippen molar-refractivity contribution in [2.45, 2.75) is 20.0 Å². The van der Waals surface area contributed by atoms with Crippen LogP contribution >= 0.6 is 0 Å². The molecular weight excluding hydrogens is 330 g/mol. The fourth-order valence-corrected chi connectivity index (χ4v) is 2.36. The largest absolute Gasteiger partial charge is 0.489 e. The summed E-state index contributed by atoms with van der Waals surface area (Å²) in [6.45, 7) is 2.83. The number of rotatable bonds is 8. The van der Waals surface area contributed by atoms with Gasteiger partial charge in [0.15, 0.2) is 5.82 Å². The van der Waals surface area contributed by atoms with Crippen molar-refractivity contribution in [2.75, 3.05) is 17.2 Å². The van der Waals surface area contributed by atoms with Gasteiger partial charge < -0.3 is 19.9 Å². The first-order valence-corrected chi connectivity index (χ1v) is 8.43. The standard InChI is InChI=1S/C20H21N3O3/c1-15-13-19(23-26-15)22-20(24)11-12-21-17-7-9-18(10-8-17)25-14-16-5-3-2-4-6-16/h2-10,13,21H,11-12,14H2,1H3,(H,22,23,24). The Hall–Kier alpha value is -3.28. The van der Waals surface area contributed by atoms with Crippen molar-refractivity contribution in [3.05, 3.63) is 72.0 Å². The van der Waals surface area contributed by atoms with Crippen LogP contribution in [0.3, 0.4) is 0 Å². The summed E-state index contributed by atoms with van der Waals surface area (Å²) in [5.74, 6) is 1.78. The predicted octanol–water partition coefficient (Wildman–Crippen LogP) is 4.00. The molecule has 0 fully saturated rings. The molecule has 0 aliphatic carbocycles. The highest BCUT2D eigenvalue weighted by Gasteiger charge is 2.06. The SMILES string of the molecule is Cc1cc(NC(=O)CCNc2ccc(OCc3ccccc3)cc2)no1. The maximum atomic E-state index is 11.8. The Labute approximate surface area is 152 Å². The van der Waals surface area contributed by atoms with Crippen LogP contribution in [0.2, 0.25) is 0 Å². The number of aromatic nitrogens is 1. The number of hydrogen-bond acceptors (Lipinski definition) is 5. The van der Waals surface area contributed by atoms with Crippen molar-refractivity contribution in [3.8, 4) is 5.75 Å². The minimum Gasteiger partial charge on any atom is -0.489 e. The van der Waals surface area contributed by atoms with Gasteiger partial charge in [0.1, 0.15) is 18.1 Å². The molecule has 0 saturated heterocycles. The summed E-state index contributed by atoms with van der Waals surface area (Å²) in [5.41, 5.74) is 2.06. The van der Waals surface area contributed by atoms with Gasteiger partial charge in [0.25, 0.3) is 0 Å². The lowest BCUT2D eigenvalue weighted by molar-refractivity contribution is -0.116. The van der Waals surface area contributed by atoms with Crippen molar-refractivity contribution in [3.63, 3.8) is 0 Å². The summed E-state index contributed by atoms with van der Waals surface area (Å²) in [7, 11) is 0. The summed E-state index contributed by atoms with van der Waals surface area (Å²) in [6.07, 6.45) is 0.332. The van der Waals surface area contributed by atoms with Gasteiger partial charge in [-0.3, -0.25) is 4.79 Å². The van der Waals surface area contributed by atoms with Crippen molar-refractivity contribution < 1.29 is 14.1 Å². The third-order valence-electron chi connectivity index (χ3n) is 3.68. The van der Waals surface area contributed by atoms with Crippen LogP contribution in [0.4, 0.5) is 11.5 Å². The smallest absolute Gasteiger partial charge is 0.227 e. The zero-order valence-electron chi connectivity index (χ0n) is 14.6.